The van der Waals surface area contributed by atoms with E-state index in [1.807, 2.05) is 41.3 Å². The first-order valence-corrected chi connectivity index (χ1v) is 12.2. The molecule has 8 nitrogen and oxygen atoms in total. The molecule has 2 aromatic rings. The monoisotopic (exact) mass is 491 g/mol. The minimum absolute atomic E-state index is 0.104. The highest BCUT2D eigenvalue weighted by Crippen LogP contribution is 2.22. The first-order chi connectivity index (χ1) is 17.4. The number of ether oxygens (including phenoxy) is 2. The molecule has 36 heavy (non-hydrogen) atoms. The summed E-state index contributed by atoms with van der Waals surface area (Å²) >= 11 is 0. The van der Waals surface area contributed by atoms with Gasteiger partial charge in [-0.15, -0.1) is 0 Å². The summed E-state index contributed by atoms with van der Waals surface area (Å²) < 4.78 is 10.1. The largest absolute Gasteiger partial charge is 0.497 e. The Bertz CT molecular complexity index is 1070. The molecule has 8 heteroatoms. The number of carbonyl (C=O) groups excluding carboxylic acids is 3. The number of piperidine rings is 1. The van der Waals surface area contributed by atoms with Crippen molar-refractivity contribution >= 4 is 17.8 Å². The number of amides is 2. The molecule has 0 aliphatic carbocycles. The molecule has 1 heterocycles. The number of rotatable bonds is 10. The van der Waals surface area contributed by atoms with E-state index < -0.39 is 12.0 Å². The van der Waals surface area contributed by atoms with Gasteiger partial charge in [-0.05, 0) is 60.6 Å². The summed E-state index contributed by atoms with van der Waals surface area (Å²) in [5.41, 5.74) is 2.53. The zero-order valence-corrected chi connectivity index (χ0v) is 20.9. The lowest BCUT2D eigenvalue weighted by atomic mass is 9.92. The van der Waals surface area contributed by atoms with Gasteiger partial charge < -0.3 is 19.7 Å². The fourth-order valence-corrected chi connectivity index (χ4v) is 4.39. The highest BCUT2D eigenvalue weighted by atomic mass is 16.5. The van der Waals surface area contributed by atoms with Gasteiger partial charge in [-0.3, -0.25) is 9.59 Å². The van der Waals surface area contributed by atoms with Crippen molar-refractivity contribution < 1.29 is 23.9 Å². The smallest absolute Gasteiger partial charge is 0.328 e. The standard InChI is InChI=1S/C28H33N3O5/c1-35-24-10-7-21(8-11-24)17-25(28(34)36-2)30-26(32)18-22-13-15-31(16-14-22)27(33)12-9-20-3-5-23(19-29)6-4-20/h3-8,10-11,22,25H,9,12-18H2,1-2H3,(H,30,32)/t25-/m0/s1. The molecule has 1 aliphatic rings. The van der Waals surface area contributed by atoms with E-state index in [4.69, 9.17) is 14.7 Å². The van der Waals surface area contributed by atoms with E-state index in [9.17, 15) is 14.4 Å². The van der Waals surface area contributed by atoms with E-state index in [-0.39, 0.29) is 17.7 Å². The Morgan fingerprint density at radius 3 is 2.25 bits per heavy atom. The third-order valence-corrected chi connectivity index (χ3v) is 6.57. The molecule has 1 aliphatic heterocycles. The second kappa shape index (κ2) is 13.3. The van der Waals surface area contributed by atoms with Crippen molar-refractivity contribution in [2.75, 3.05) is 27.3 Å². The van der Waals surface area contributed by atoms with Crippen molar-refractivity contribution in [3.63, 3.8) is 0 Å². The maximum atomic E-state index is 12.7. The highest BCUT2D eigenvalue weighted by molar-refractivity contribution is 5.84. The molecule has 0 bridgehead atoms. The molecule has 1 atom stereocenters. The average Bonchev–Trinajstić information content (AvgIpc) is 2.92. The van der Waals surface area contributed by atoms with Crippen LogP contribution in [0.3, 0.4) is 0 Å². The number of hydrogen-bond donors (Lipinski definition) is 1. The number of benzene rings is 2. The van der Waals surface area contributed by atoms with Gasteiger partial charge in [0, 0.05) is 32.4 Å². The quantitative estimate of drug-likeness (QED) is 0.512. The predicted molar refractivity (Wildman–Crippen MR) is 134 cm³/mol. The first-order valence-electron chi connectivity index (χ1n) is 12.2. The van der Waals surface area contributed by atoms with Crippen LogP contribution in [0.4, 0.5) is 0 Å². The fourth-order valence-electron chi connectivity index (χ4n) is 4.39. The van der Waals surface area contributed by atoms with Gasteiger partial charge in [0.1, 0.15) is 11.8 Å². The van der Waals surface area contributed by atoms with Gasteiger partial charge in [0.2, 0.25) is 11.8 Å². The molecule has 0 radical (unpaired) electrons. The van der Waals surface area contributed by atoms with E-state index >= 15 is 0 Å². The molecule has 190 valence electrons. The highest BCUT2D eigenvalue weighted by Gasteiger charge is 2.27. The van der Waals surface area contributed by atoms with Gasteiger partial charge in [0.15, 0.2) is 0 Å². The maximum absolute atomic E-state index is 12.7. The summed E-state index contributed by atoms with van der Waals surface area (Å²) in [6, 6.07) is 15.9. The number of nitrogens with one attached hydrogen (secondary N) is 1. The molecular weight excluding hydrogens is 458 g/mol. The first kappa shape index (κ1) is 26.7. The van der Waals surface area contributed by atoms with Crippen LogP contribution in [0.25, 0.3) is 0 Å². The van der Waals surface area contributed by atoms with Crippen LogP contribution in [0.1, 0.15) is 42.4 Å². The number of hydrogen-bond acceptors (Lipinski definition) is 6. The summed E-state index contributed by atoms with van der Waals surface area (Å²) in [6.07, 6.45) is 3.19. The summed E-state index contributed by atoms with van der Waals surface area (Å²) in [7, 11) is 2.90. The molecule has 1 fully saturated rings. The Balaban J connectivity index is 1.43. The van der Waals surface area contributed by atoms with Gasteiger partial charge in [0.05, 0.1) is 25.9 Å². The van der Waals surface area contributed by atoms with Gasteiger partial charge in [0.25, 0.3) is 0 Å². The number of nitriles is 1. The minimum Gasteiger partial charge on any atom is -0.497 e. The summed E-state index contributed by atoms with van der Waals surface area (Å²) in [5.74, 6) is 0.308. The number of esters is 1. The lowest BCUT2D eigenvalue weighted by molar-refractivity contribution is -0.145. The van der Waals surface area contributed by atoms with Crippen LogP contribution >= 0.6 is 0 Å². The molecular formula is C28H33N3O5. The van der Waals surface area contributed by atoms with Crippen LogP contribution in [0.15, 0.2) is 48.5 Å². The number of likely N-dealkylation sites (tertiary alicyclic amines) is 1. The van der Waals surface area contributed by atoms with E-state index in [2.05, 4.69) is 11.4 Å². The van der Waals surface area contributed by atoms with Crippen LogP contribution in [0.5, 0.6) is 5.75 Å². The predicted octanol–water partition coefficient (Wildman–Crippen LogP) is 3.03. The molecule has 2 amide bonds. The van der Waals surface area contributed by atoms with Gasteiger partial charge in [-0.25, -0.2) is 4.79 Å². The molecule has 1 saturated heterocycles. The Hall–Kier alpha value is -3.86. The third kappa shape index (κ3) is 7.84. The molecule has 1 N–H and O–H groups in total. The molecule has 3 rings (SSSR count). The van der Waals surface area contributed by atoms with Crippen molar-refractivity contribution in [3.8, 4) is 11.8 Å². The molecule has 0 saturated carbocycles. The van der Waals surface area contributed by atoms with Crippen LogP contribution in [-0.2, 0) is 32.0 Å². The molecule has 0 unspecified atom stereocenters. The van der Waals surface area contributed by atoms with Crippen molar-refractivity contribution in [2.24, 2.45) is 5.92 Å². The fraction of sp³-hybridized carbons (Fsp3) is 0.429. The Kier molecular flexibility index (Phi) is 9.87. The van der Waals surface area contributed by atoms with Crippen LogP contribution in [0.2, 0.25) is 0 Å². The summed E-state index contributed by atoms with van der Waals surface area (Å²) in [5, 5.41) is 11.7. The molecule has 2 aromatic carbocycles. The normalized spacial score (nSPS) is 14.4. The SMILES string of the molecule is COC(=O)[C@H](Cc1ccc(OC)cc1)NC(=O)CC1CCN(C(=O)CCc2ccc(C#N)cc2)CC1. The van der Waals surface area contributed by atoms with Gasteiger partial charge in [-0.1, -0.05) is 24.3 Å². The van der Waals surface area contributed by atoms with E-state index in [0.29, 0.717) is 44.3 Å². The van der Waals surface area contributed by atoms with Crippen molar-refractivity contribution in [1.82, 2.24) is 10.2 Å². The summed E-state index contributed by atoms with van der Waals surface area (Å²) in [4.78, 5) is 39.5. The van der Waals surface area contributed by atoms with Gasteiger partial charge in [-0.2, -0.15) is 5.26 Å². The minimum atomic E-state index is -0.764. The Morgan fingerprint density at radius 1 is 1.03 bits per heavy atom. The maximum Gasteiger partial charge on any atom is 0.328 e. The molecule has 0 aromatic heterocycles. The van der Waals surface area contributed by atoms with Gasteiger partial charge >= 0.3 is 5.97 Å². The topological polar surface area (TPSA) is 109 Å². The molecule has 0 spiro atoms. The third-order valence-electron chi connectivity index (χ3n) is 6.57. The van der Waals surface area contributed by atoms with E-state index in [1.54, 1.807) is 19.2 Å². The Labute approximate surface area is 212 Å². The second-order valence-corrected chi connectivity index (χ2v) is 9.03. The van der Waals surface area contributed by atoms with Crippen molar-refractivity contribution in [1.29, 1.82) is 5.26 Å². The number of nitrogens with zero attached hydrogens (tertiary/aromatic N) is 2. The lowest BCUT2D eigenvalue weighted by Gasteiger charge is -2.32. The van der Waals surface area contributed by atoms with E-state index in [0.717, 1.165) is 29.7 Å². The number of aryl methyl sites for hydroxylation is 1. The van der Waals surface area contributed by atoms with E-state index in [1.165, 1.54) is 7.11 Å². The lowest BCUT2D eigenvalue weighted by Crippen LogP contribution is -2.44. The second-order valence-electron chi connectivity index (χ2n) is 9.03. The van der Waals surface area contributed by atoms with Crippen molar-refractivity contribution in [2.45, 2.75) is 44.6 Å². The number of methoxy groups -OCH3 is 2. The van der Waals surface area contributed by atoms with Crippen LogP contribution < -0.4 is 10.1 Å². The average molecular weight is 492 g/mol. The summed E-state index contributed by atoms with van der Waals surface area (Å²) in [6.45, 7) is 1.24. The van der Waals surface area contributed by atoms with Crippen LogP contribution in [-0.4, -0.2) is 56.0 Å². The zero-order valence-electron chi connectivity index (χ0n) is 20.9. The zero-order chi connectivity index (χ0) is 25.9. The van der Waals surface area contributed by atoms with Crippen molar-refractivity contribution in [3.05, 3.63) is 65.2 Å². The Morgan fingerprint density at radius 2 is 1.67 bits per heavy atom. The number of carbonyl (C=O) groups is 3. The van der Waals surface area contributed by atoms with Crippen LogP contribution in [0, 0.1) is 17.2 Å².